The van der Waals surface area contributed by atoms with Crippen molar-refractivity contribution in [1.29, 1.82) is 0 Å². The van der Waals surface area contributed by atoms with Gasteiger partial charge in [0.15, 0.2) is 5.13 Å². The number of halogens is 2. The standard InChI is InChI=1S/C24H19Cl2N3O2S3/c25-17-9-7-15(8-10-17)12-18-14-27-23(33-18)28-21(30)6-3-11-29-22(31)20(34-24(29)32)13-16-4-1-2-5-19(16)26/h1-2,4-5,7-10,13-14H,3,6,11-12H2,(H,27,28,30)/b20-13-. The van der Waals surface area contributed by atoms with Gasteiger partial charge in [0.05, 0.1) is 4.91 Å². The zero-order chi connectivity index (χ0) is 24.1. The molecule has 5 nitrogen and oxygen atoms in total. The Labute approximate surface area is 221 Å². The number of hydrogen-bond acceptors (Lipinski definition) is 6. The third-order valence-corrected chi connectivity index (χ3v) is 7.83. The summed E-state index contributed by atoms with van der Waals surface area (Å²) in [7, 11) is 0. The second-order valence-electron chi connectivity index (χ2n) is 7.44. The third kappa shape index (κ3) is 6.46. The van der Waals surface area contributed by atoms with Crippen molar-refractivity contribution in [3.8, 4) is 0 Å². The minimum Gasteiger partial charge on any atom is -0.302 e. The fourth-order valence-electron chi connectivity index (χ4n) is 3.26. The van der Waals surface area contributed by atoms with E-state index in [0.29, 0.717) is 37.4 Å². The monoisotopic (exact) mass is 547 g/mol. The highest BCUT2D eigenvalue weighted by atomic mass is 35.5. The van der Waals surface area contributed by atoms with Crippen molar-refractivity contribution in [1.82, 2.24) is 9.88 Å². The first-order valence-electron chi connectivity index (χ1n) is 10.4. The second kappa shape index (κ2) is 11.5. The maximum absolute atomic E-state index is 12.8. The van der Waals surface area contributed by atoms with Crippen LogP contribution < -0.4 is 5.32 Å². The number of nitrogens with zero attached hydrogens (tertiary/aromatic N) is 2. The maximum Gasteiger partial charge on any atom is 0.266 e. The van der Waals surface area contributed by atoms with Crippen molar-refractivity contribution in [2.45, 2.75) is 19.3 Å². The quantitative estimate of drug-likeness (QED) is 0.252. The minimum atomic E-state index is -0.165. The van der Waals surface area contributed by atoms with Gasteiger partial charge in [0.1, 0.15) is 4.32 Å². The zero-order valence-corrected chi connectivity index (χ0v) is 21.8. The minimum absolute atomic E-state index is 0.149. The number of thioether (sulfide) groups is 1. The molecule has 0 unspecified atom stereocenters. The maximum atomic E-state index is 12.8. The molecule has 2 amide bonds. The number of thiocarbonyl (C=S) groups is 1. The highest BCUT2D eigenvalue weighted by Gasteiger charge is 2.31. The van der Waals surface area contributed by atoms with Gasteiger partial charge in [-0.1, -0.05) is 77.5 Å². The number of carbonyl (C=O) groups excluding carboxylic acids is 2. The predicted octanol–water partition coefficient (Wildman–Crippen LogP) is 6.66. The molecule has 34 heavy (non-hydrogen) atoms. The Hall–Kier alpha value is -2.23. The smallest absolute Gasteiger partial charge is 0.266 e. The first-order valence-corrected chi connectivity index (χ1v) is 13.2. The molecule has 1 N–H and O–H groups in total. The lowest BCUT2D eigenvalue weighted by atomic mass is 10.1. The molecule has 2 aromatic carbocycles. The summed E-state index contributed by atoms with van der Waals surface area (Å²) in [5.41, 5.74) is 1.89. The average Bonchev–Trinajstić information content (AvgIpc) is 3.35. The summed E-state index contributed by atoms with van der Waals surface area (Å²) in [6.07, 6.45) is 4.98. The number of amides is 2. The first-order chi connectivity index (χ1) is 16.4. The summed E-state index contributed by atoms with van der Waals surface area (Å²) in [6.45, 7) is 0.373. The number of rotatable bonds is 8. The van der Waals surface area contributed by atoms with E-state index in [1.807, 2.05) is 42.5 Å². The van der Waals surface area contributed by atoms with Crippen LogP contribution in [0, 0.1) is 0 Å². The summed E-state index contributed by atoms with van der Waals surface area (Å²) in [4.78, 5) is 32.5. The summed E-state index contributed by atoms with van der Waals surface area (Å²) in [6, 6.07) is 15.0. The van der Waals surface area contributed by atoms with Crippen LogP contribution >= 0.6 is 58.5 Å². The Morgan fingerprint density at radius 3 is 2.68 bits per heavy atom. The van der Waals surface area contributed by atoms with Gasteiger partial charge in [-0.25, -0.2) is 4.98 Å². The number of aromatic nitrogens is 1. The van der Waals surface area contributed by atoms with Gasteiger partial charge in [0.25, 0.3) is 5.91 Å². The molecule has 0 bridgehead atoms. The number of benzene rings is 2. The molecule has 174 valence electrons. The van der Waals surface area contributed by atoms with E-state index < -0.39 is 0 Å². The third-order valence-electron chi connectivity index (χ3n) is 4.94. The van der Waals surface area contributed by atoms with Crippen molar-refractivity contribution >= 4 is 85.9 Å². The van der Waals surface area contributed by atoms with Gasteiger partial charge >= 0.3 is 0 Å². The molecule has 1 fully saturated rings. The van der Waals surface area contributed by atoms with E-state index in [9.17, 15) is 9.59 Å². The first kappa shape index (κ1) is 24.9. The van der Waals surface area contributed by atoms with Gasteiger partial charge in [0, 0.05) is 40.5 Å². The summed E-state index contributed by atoms with van der Waals surface area (Å²) in [5, 5.41) is 4.66. The Morgan fingerprint density at radius 1 is 1.15 bits per heavy atom. The van der Waals surface area contributed by atoms with Crippen LogP contribution in [0.25, 0.3) is 6.08 Å². The highest BCUT2D eigenvalue weighted by Crippen LogP contribution is 2.34. The molecule has 1 saturated heterocycles. The predicted molar refractivity (Wildman–Crippen MR) is 146 cm³/mol. The normalized spacial score (nSPS) is 14.8. The van der Waals surface area contributed by atoms with E-state index >= 15 is 0 Å². The SMILES string of the molecule is O=C(CCCN1C(=O)/C(=C/c2ccccc2Cl)SC1=S)Nc1ncc(Cc2ccc(Cl)cc2)s1. The number of hydrogen-bond donors (Lipinski definition) is 1. The lowest BCUT2D eigenvalue weighted by Gasteiger charge is -2.13. The van der Waals surface area contributed by atoms with Crippen LogP contribution in [0.15, 0.2) is 59.6 Å². The zero-order valence-electron chi connectivity index (χ0n) is 17.8. The number of anilines is 1. The summed E-state index contributed by atoms with van der Waals surface area (Å²) < 4.78 is 0.482. The molecule has 2 heterocycles. The number of nitrogens with one attached hydrogen (secondary N) is 1. The molecule has 1 aliphatic heterocycles. The van der Waals surface area contributed by atoms with Crippen LogP contribution in [-0.4, -0.2) is 32.6 Å². The molecule has 1 aromatic heterocycles. The topological polar surface area (TPSA) is 62.3 Å². The van der Waals surface area contributed by atoms with Crippen molar-refractivity contribution in [3.05, 3.63) is 85.7 Å². The Bertz CT molecular complexity index is 1260. The lowest BCUT2D eigenvalue weighted by Crippen LogP contribution is -2.29. The number of thiazole rings is 1. The van der Waals surface area contributed by atoms with Gasteiger partial charge in [-0.2, -0.15) is 0 Å². The van der Waals surface area contributed by atoms with E-state index in [1.54, 1.807) is 18.3 Å². The van der Waals surface area contributed by atoms with Crippen molar-refractivity contribution in [3.63, 3.8) is 0 Å². The average molecular weight is 549 g/mol. The Morgan fingerprint density at radius 2 is 1.91 bits per heavy atom. The van der Waals surface area contributed by atoms with Gasteiger partial charge in [0.2, 0.25) is 5.91 Å². The molecule has 3 aromatic rings. The summed E-state index contributed by atoms with van der Waals surface area (Å²) >= 11 is 20.2. The van der Waals surface area contributed by atoms with Crippen molar-refractivity contribution in [2.75, 3.05) is 11.9 Å². The molecule has 0 saturated carbocycles. The van der Waals surface area contributed by atoms with Crippen LogP contribution in [0.2, 0.25) is 10.0 Å². The fourth-order valence-corrected chi connectivity index (χ4v) is 5.73. The number of carbonyl (C=O) groups is 2. The largest absolute Gasteiger partial charge is 0.302 e. The molecule has 0 aliphatic carbocycles. The van der Waals surface area contributed by atoms with Gasteiger partial charge in [-0.15, -0.1) is 11.3 Å². The molecule has 0 radical (unpaired) electrons. The summed E-state index contributed by atoms with van der Waals surface area (Å²) in [5.74, 6) is -0.313. The Kier molecular flexibility index (Phi) is 8.39. The van der Waals surface area contributed by atoms with Gasteiger partial charge in [-0.3, -0.25) is 14.5 Å². The van der Waals surface area contributed by atoms with Crippen LogP contribution in [0.4, 0.5) is 5.13 Å². The molecular weight excluding hydrogens is 529 g/mol. The molecule has 4 rings (SSSR count). The van der Waals surface area contributed by atoms with Crippen molar-refractivity contribution < 1.29 is 9.59 Å². The second-order valence-corrected chi connectivity index (χ2v) is 11.1. The Balaban J connectivity index is 1.26. The van der Waals surface area contributed by atoms with E-state index in [0.717, 1.165) is 22.4 Å². The van der Waals surface area contributed by atoms with Crippen molar-refractivity contribution in [2.24, 2.45) is 0 Å². The molecule has 0 atom stereocenters. The molecular formula is C24H19Cl2N3O2S3. The molecule has 0 spiro atoms. The van der Waals surface area contributed by atoms with E-state index in [4.69, 9.17) is 35.4 Å². The van der Waals surface area contributed by atoms with Crippen LogP contribution in [0.5, 0.6) is 0 Å². The van der Waals surface area contributed by atoms with Crippen LogP contribution in [0.1, 0.15) is 28.8 Å². The van der Waals surface area contributed by atoms with Gasteiger partial charge in [-0.05, 0) is 41.8 Å². The molecule has 1 aliphatic rings. The van der Waals surface area contributed by atoms with E-state index in [-0.39, 0.29) is 18.2 Å². The van der Waals surface area contributed by atoms with Crippen LogP contribution in [0.3, 0.4) is 0 Å². The van der Waals surface area contributed by atoms with Crippen LogP contribution in [-0.2, 0) is 16.0 Å². The fraction of sp³-hybridized carbons (Fsp3) is 0.167. The lowest BCUT2D eigenvalue weighted by molar-refractivity contribution is -0.122. The molecule has 10 heteroatoms. The van der Waals surface area contributed by atoms with Gasteiger partial charge < -0.3 is 5.32 Å². The van der Waals surface area contributed by atoms with E-state index in [2.05, 4.69) is 10.3 Å². The highest BCUT2D eigenvalue weighted by molar-refractivity contribution is 8.26. The van der Waals surface area contributed by atoms with E-state index in [1.165, 1.54) is 28.0 Å².